The second-order valence-corrected chi connectivity index (χ2v) is 11.6. The Morgan fingerprint density at radius 1 is 1.19 bits per heavy atom. The molecule has 37 heavy (non-hydrogen) atoms. The van der Waals surface area contributed by atoms with Gasteiger partial charge in [0.25, 0.3) is 5.91 Å². The van der Waals surface area contributed by atoms with Crippen LogP contribution in [-0.4, -0.2) is 32.3 Å². The Bertz CT molecular complexity index is 1320. The van der Waals surface area contributed by atoms with Crippen molar-refractivity contribution in [1.82, 2.24) is 20.1 Å². The van der Waals surface area contributed by atoms with Gasteiger partial charge in [-0.2, -0.15) is 5.26 Å². The van der Waals surface area contributed by atoms with Crippen molar-refractivity contribution in [1.29, 1.82) is 5.26 Å². The molecule has 3 aromatic rings. The van der Waals surface area contributed by atoms with Gasteiger partial charge in [0.15, 0.2) is 11.0 Å². The van der Waals surface area contributed by atoms with Crippen LogP contribution in [0.2, 0.25) is 0 Å². The first kappa shape index (κ1) is 26.9. The first-order valence-corrected chi connectivity index (χ1v) is 14.4. The number of hydrogen-bond acceptors (Lipinski definition) is 7. The molecule has 1 aliphatic rings. The number of nitrogens with one attached hydrogen (secondary N) is 2. The lowest BCUT2D eigenvalue weighted by Gasteiger charge is -2.22. The number of aromatic nitrogens is 3. The number of hydrogen-bond donors (Lipinski definition) is 2. The fourth-order valence-electron chi connectivity index (χ4n) is 4.46. The summed E-state index contributed by atoms with van der Waals surface area (Å²) in [7, 11) is 0. The van der Waals surface area contributed by atoms with Crippen LogP contribution in [-0.2, 0) is 24.2 Å². The molecule has 0 radical (unpaired) electrons. The average molecular weight is 537 g/mol. The van der Waals surface area contributed by atoms with Crippen LogP contribution in [0, 0.1) is 24.2 Å². The highest BCUT2D eigenvalue weighted by Gasteiger charge is 2.27. The van der Waals surface area contributed by atoms with E-state index in [-0.39, 0.29) is 29.5 Å². The molecule has 0 bridgehead atoms. The average Bonchev–Trinajstić information content (AvgIpc) is 3.46. The van der Waals surface area contributed by atoms with E-state index in [0.717, 1.165) is 36.8 Å². The molecule has 0 saturated carbocycles. The third-order valence-corrected chi connectivity index (χ3v) is 8.65. The Balaban J connectivity index is 1.45. The van der Waals surface area contributed by atoms with Gasteiger partial charge in [0.2, 0.25) is 5.91 Å². The molecule has 2 N–H and O–H groups in total. The maximum atomic E-state index is 12.9. The standard InChI is InChI=1S/C27H32N6O2S2/c1-5-33-24(23(16(2)3)30-25(35)18-12-10-17(4)11-13-18)31-32-27(33)36-15-22(34)29-26-20(14-28)19-8-6-7-9-21(19)37-26/h10-13,16,23H,5-9,15H2,1-4H3,(H,29,34)(H,30,35)/t23-/m0/s1. The topological polar surface area (TPSA) is 113 Å². The summed E-state index contributed by atoms with van der Waals surface area (Å²) < 4.78 is 1.95. The number of nitrogens with zero attached hydrogens (tertiary/aromatic N) is 4. The molecule has 10 heteroatoms. The molecule has 194 valence electrons. The van der Waals surface area contributed by atoms with Gasteiger partial charge in [0.05, 0.1) is 17.4 Å². The smallest absolute Gasteiger partial charge is 0.251 e. The molecule has 2 amide bonds. The summed E-state index contributed by atoms with van der Waals surface area (Å²) >= 11 is 2.82. The van der Waals surface area contributed by atoms with E-state index in [1.54, 1.807) is 0 Å². The summed E-state index contributed by atoms with van der Waals surface area (Å²) in [6, 6.07) is 9.41. The third kappa shape index (κ3) is 6.05. The summed E-state index contributed by atoms with van der Waals surface area (Å²) in [5, 5.41) is 25.7. The van der Waals surface area contributed by atoms with E-state index in [0.29, 0.717) is 33.7 Å². The van der Waals surface area contributed by atoms with Gasteiger partial charge in [0, 0.05) is 17.0 Å². The lowest BCUT2D eigenvalue weighted by atomic mass is 9.96. The number of benzene rings is 1. The van der Waals surface area contributed by atoms with Crippen LogP contribution in [0.4, 0.5) is 5.00 Å². The van der Waals surface area contributed by atoms with Crippen molar-refractivity contribution in [3.63, 3.8) is 0 Å². The van der Waals surface area contributed by atoms with Crippen molar-refractivity contribution in [2.75, 3.05) is 11.1 Å². The first-order chi connectivity index (χ1) is 17.8. The van der Waals surface area contributed by atoms with Gasteiger partial charge in [-0.1, -0.05) is 43.3 Å². The van der Waals surface area contributed by atoms with E-state index in [2.05, 4.69) is 26.9 Å². The van der Waals surface area contributed by atoms with Crippen molar-refractivity contribution in [3.8, 4) is 6.07 Å². The monoisotopic (exact) mass is 536 g/mol. The minimum atomic E-state index is -0.333. The Hall–Kier alpha value is -3.16. The molecular formula is C27H32N6O2S2. The molecule has 1 aliphatic carbocycles. The van der Waals surface area contributed by atoms with E-state index < -0.39 is 0 Å². The summed E-state index contributed by atoms with van der Waals surface area (Å²) in [5.74, 6) is 0.552. The van der Waals surface area contributed by atoms with Gasteiger partial charge in [0.1, 0.15) is 11.1 Å². The zero-order valence-corrected chi connectivity index (χ0v) is 23.3. The predicted octanol–water partition coefficient (Wildman–Crippen LogP) is 5.28. The summed E-state index contributed by atoms with van der Waals surface area (Å²) in [4.78, 5) is 26.9. The Labute approximate surface area is 225 Å². The van der Waals surface area contributed by atoms with Crippen molar-refractivity contribution in [3.05, 3.63) is 57.2 Å². The number of carbonyl (C=O) groups excluding carboxylic acids is 2. The number of carbonyl (C=O) groups is 2. The van der Waals surface area contributed by atoms with Crippen LogP contribution in [0.25, 0.3) is 0 Å². The van der Waals surface area contributed by atoms with Crippen LogP contribution in [0.3, 0.4) is 0 Å². The molecule has 0 fully saturated rings. The number of aryl methyl sites for hydroxylation is 2. The minimum Gasteiger partial charge on any atom is -0.342 e. The number of rotatable bonds is 9. The second-order valence-electron chi connectivity index (χ2n) is 9.51. The number of thiophene rings is 1. The van der Waals surface area contributed by atoms with Crippen molar-refractivity contribution in [2.24, 2.45) is 5.92 Å². The fraction of sp³-hybridized carbons (Fsp3) is 0.444. The van der Waals surface area contributed by atoms with E-state index in [1.807, 2.05) is 56.5 Å². The molecule has 1 aromatic carbocycles. The van der Waals surface area contributed by atoms with Gasteiger partial charge in [-0.25, -0.2) is 0 Å². The number of fused-ring (bicyclic) bond motifs is 1. The van der Waals surface area contributed by atoms with Crippen molar-refractivity contribution >= 4 is 39.9 Å². The number of thioether (sulfide) groups is 1. The zero-order chi connectivity index (χ0) is 26.5. The van der Waals surface area contributed by atoms with E-state index in [4.69, 9.17) is 0 Å². The van der Waals surface area contributed by atoms with Crippen molar-refractivity contribution < 1.29 is 9.59 Å². The van der Waals surface area contributed by atoms with Gasteiger partial charge in [-0.05, 0) is 63.1 Å². The maximum Gasteiger partial charge on any atom is 0.251 e. The molecule has 0 saturated heterocycles. The molecule has 8 nitrogen and oxygen atoms in total. The molecule has 2 aromatic heterocycles. The molecule has 2 heterocycles. The maximum absolute atomic E-state index is 12.9. The highest BCUT2D eigenvalue weighted by atomic mass is 32.2. The third-order valence-electron chi connectivity index (χ3n) is 6.48. The predicted molar refractivity (Wildman–Crippen MR) is 147 cm³/mol. The van der Waals surface area contributed by atoms with Crippen LogP contribution in [0.5, 0.6) is 0 Å². The minimum absolute atomic E-state index is 0.0827. The Kier molecular flexibility index (Phi) is 8.67. The zero-order valence-electron chi connectivity index (χ0n) is 21.6. The quantitative estimate of drug-likeness (QED) is 0.360. The number of nitriles is 1. The molecular weight excluding hydrogens is 504 g/mol. The number of anilines is 1. The highest BCUT2D eigenvalue weighted by molar-refractivity contribution is 7.99. The van der Waals surface area contributed by atoms with Crippen LogP contribution in [0.15, 0.2) is 29.4 Å². The number of amides is 2. The molecule has 4 rings (SSSR count). The first-order valence-electron chi connectivity index (χ1n) is 12.6. The van der Waals surface area contributed by atoms with E-state index >= 15 is 0 Å². The SMILES string of the molecule is CCn1c(SCC(=O)Nc2sc3c(c2C#N)CCCC3)nnc1[C@@H](NC(=O)c1ccc(C)cc1)C(C)C. The summed E-state index contributed by atoms with van der Waals surface area (Å²) in [6.07, 6.45) is 4.08. The summed E-state index contributed by atoms with van der Waals surface area (Å²) in [5.41, 5.74) is 3.40. The lowest BCUT2D eigenvalue weighted by molar-refractivity contribution is -0.113. The van der Waals surface area contributed by atoms with Crippen LogP contribution >= 0.6 is 23.1 Å². The fourth-order valence-corrected chi connectivity index (χ4v) is 6.52. The summed E-state index contributed by atoms with van der Waals surface area (Å²) in [6.45, 7) is 8.64. The normalized spacial score (nSPS) is 13.6. The largest absolute Gasteiger partial charge is 0.342 e. The highest BCUT2D eigenvalue weighted by Crippen LogP contribution is 2.37. The second kappa shape index (κ2) is 11.9. The van der Waals surface area contributed by atoms with Gasteiger partial charge in [-0.3, -0.25) is 9.59 Å². The van der Waals surface area contributed by atoms with Gasteiger partial charge < -0.3 is 15.2 Å². The van der Waals surface area contributed by atoms with Crippen molar-refractivity contribution in [2.45, 2.75) is 71.1 Å². The lowest BCUT2D eigenvalue weighted by Crippen LogP contribution is -2.33. The van der Waals surface area contributed by atoms with Crippen LogP contribution in [0.1, 0.15) is 77.4 Å². The van der Waals surface area contributed by atoms with E-state index in [9.17, 15) is 14.9 Å². The Morgan fingerprint density at radius 2 is 1.92 bits per heavy atom. The van der Waals surface area contributed by atoms with Gasteiger partial charge >= 0.3 is 0 Å². The molecule has 0 spiro atoms. The Morgan fingerprint density at radius 3 is 2.59 bits per heavy atom. The van der Waals surface area contributed by atoms with Crippen LogP contribution < -0.4 is 10.6 Å². The van der Waals surface area contributed by atoms with Gasteiger partial charge in [-0.15, -0.1) is 21.5 Å². The molecule has 0 unspecified atom stereocenters. The van der Waals surface area contributed by atoms with E-state index in [1.165, 1.54) is 28.0 Å². The molecule has 1 atom stereocenters. The molecule has 0 aliphatic heterocycles.